The third-order valence-corrected chi connectivity index (χ3v) is 2.94. The summed E-state index contributed by atoms with van der Waals surface area (Å²) in [6.07, 6.45) is 1.70. The van der Waals surface area contributed by atoms with Gasteiger partial charge in [-0.3, -0.25) is 4.79 Å². The number of anilines is 1. The Hall–Kier alpha value is -1.69. The number of nitrogens with zero attached hydrogens (tertiary/aromatic N) is 3. The van der Waals surface area contributed by atoms with Crippen LogP contribution in [0.15, 0.2) is 6.07 Å². The Balaban J connectivity index is 2.32. The monoisotopic (exact) mass is 235 g/mol. The molecule has 1 unspecified atom stereocenters. The van der Waals surface area contributed by atoms with Crippen molar-refractivity contribution in [3.05, 3.63) is 17.5 Å². The first-order valence-corrected chi connectivity index (χ1v) is 5.72. The number of primary amides is 1. The average Bonchev–Trinajstić information content (AvgIpc) is 2.77. The first-order valence-electron chi connectivity index (χ1n) is 5.72. The highest BCUT2D eigenvalue weighted by Crippen LogP contribution is 2.22. The predicted molar refractivity (Wildman–Crippen MR) is 64.2 cm³/mol. The normalized spacial score (nSPS) is 19.6. The van der Waals surface area contributed by atoms with Gasteiger partial charge in [0, 0.05) is 18.8 Å². The van der Waals surface area contributed by atoms with Crippen molar-refractivity contribution >= 4 is 11.9 Å². The standard InChI is InChI=1S/C11H17N5O/c1-7-5-8(6-12)15-11(14-7)16-4-2-3-9(16)10(13)17/h5,9H,2-4,6,12H2,1H3,(H2,13,17). The smallest absolute Gasteiger partial charge is 0.240 e. The molecule has 1 aromatic rings. The van der Waals surface area contributed by atoms with Crippen molar-refractivity contribution in [1.82, 2.24) is 9.97 Å². The van der Waals surface area contributed by atoms with Crippen LogP contribution in [0.1, 0.15) is 24.2 Å². The molecule has 1 fully saturated rings. The molecule has 0 aliphatic carbocycles. The van der Waals surface area contributed by atoms with E-state index in [9.17, 15) is 4.79 Å². The number of rotatable bonds is 3. The minimum atomic E-state index is -0.318. The summed E-state index contributed by atoms with van der Waals surface area (Å²) >= 11 is 0. The van der Waals surface area contributed by atoms with E-state index in [0.717, 1.165) is 30.8 Å². The molecule has 17 heavy (non-hydrogen) atoms. The molecule has 6 heteroatoms. The molecule has 0 spiro atoms. The number of carbonyl (C=O) groups excluding carboxylic acids is 1. The molecule has 2 rings (SSSR count). The van der Waals surface area contributed by atoms with E-state index in [1.54, 1.807) is 0 Å². The summed E-state index contributed by atoms with van der Waals surface area (Å²) in [6.45, 7) is 3.02. The lowest BCUT2D eigenvalue weighted by atomic mass is 10.2. The van der Waals surface area contributed by atoms with Crippen LogP contribution in [0.2, 0.25) is 0 Å². The van der Waals surface area contributed by atoms with Gasteiger partial charge in [-0.25, -0.2) is 9.97 Å². The summed E-state index contributed by atoms with van der Waals surface area (Å²) in [6, 6.07) is 1.56. The number of carbonyl (C=O) groups is 1. The topological polar surface area (TPSA) is 98.1 Å². The van der Waals surface area contributed by atoms with Crippen LogP contribution in [0, 0.1) is 6.92 Å². The van der Waals surface area contributed by atoms with Crippen LogP contribution in [-0.4, -0.2) is 28.5 Å². The predicted octanol–water partition coefficient (Wildman–Crippen LogP) is -0.302. The number of amides is 1. The van der Waals surface area contributed by atoms with E-state index in [1.807, 2.05) is 17.9 Å². The quantitative estimate of drug-likeness (QED) is 0.749. The Kier molecular flexibility index (Phi) is 3.23. The fourth-order valence-electron chi connectivity index (χ4n) is 2.15. The molecule has 92 valence electrons. The molecular formula is C11H17N5O. The first-order chi connectivity index (χ1) is 8.11. The number of hydrogen-bond donors (Lipinski definition) is 2. The summed E-state index contributed by atoms with van der Waals surface area (Å²) in [5.74, 6) is 0.244. The van der Waals surface area contributed by atoms with Crippen molar-refractivity contribution in [3.63, 3.8) is 0 Å². The van der Waals surface area contributed by atoms with Crippen molar-refractivity contribution in [2.45, 2.75) is 32.4 Å². The maximum absolute atomic E-state index is 11.3. The highest BCUT2D eigenvalue weighted by molar-refractivity contribution is 5.83. The zero-order chi connectivity index (χ0) is 12.4. The lowest BCUT2D eigenvalue weighted by molar-refractivity contribution is -0.119. The van der Waals surface area contributed by atoms with Crippen molar-refractivity contribution in [3.8, 4) is 0 Å². The highest BCUT2D eigenvalue weighted by Gasteiger charge is 2.31. The van der Waals surface area contributed by atoms with Gasteiger partial charge >= 0.3 is 0 Å². The van der Waals surface area contributed by atoms with Gasteiger partial charge in [-0.1, -0.05) is 0 Å². The number of hydrogen-bond acceptors (Lipinski definition) is 5. The summed E-state index contributed by atoms with van der Waals surface area (Å²) in [5, 5.41) is 0. The molecule has 6 nitrogen and oxygen atoms in total. The number of aryl methyl sites for hydroxylation is 1. The zero-order valence-electron chi connectivity index (χ0n) is 9.89. The summed E-state index contributed by atoms with van der Waals surface area (Å²) in [7, 11) is 0. The van der Waals surface area contributed by atoms with E-state index < -0.39 is 0 Å². The van der Waals surface area contributed by atoms with E-state index in [1.165, 1.54) is 0 Å². The molecule has 2 heterocycles. The average molecular weight is 235 g/mol. The van der Waals surface area contributed by atoms with E-state index >= 15 is 0 Å². The number of nitrogens with two attached hydrogens (primary N) is 2. The second-order valence-electron chi connectivity index (χ2n) is 4.26. The molecular weight excluding hydrogens is 218 g/mol. The van der Waals surface area contributed by atoms with Crippen molar-refractivity contribution < 1.29 is 4.79 Å². The van der Waals surface area contributed by atoms with E-state index in [2.05, 4.69) is 9.97 Å². The van der Waals surface area contributed by atoms with Crippen LogP contribution < -0.4 is 16.4 Å². The third kappa shape index (κ3) is 2.36. The number of aromatic nitrogens is 2. The van der Waals surface area contributed by atoms with Crippen LogP contribution in [0.5, 0.6) is 0 Å². The van der Waals surface area contributed by atoms with Gasteiger partial charge in [0.1, 0.15) is 6.04 Å². The van der Waals surface area contributed by atoms with Gasteiger partial charge in [0.15, 0.2) is 0 Å². The fourth-order valence-corrected chi connectivity index (χ4v) is 2.15. The molecule has 1 aliphatic rings. The molecule has 0 bridgehead atoms. The summed E-state index contributed by atoms with van der Waals surface area (Å²) < 4.78 is 0. The van der Waals surface area contributed by atoms with Crippen LogP contribution in [0.4, 0.5) is 5.95 Å². The van der Waals surface area contributed by atoms with Gasteiger partial charge in [0.2, 0.25) is 11.9 Å². The minimum Gasteiger partial charge on any atom is -0.368 e. The zero-order valence-corrected chi connectivity index (χ0v) is 9.89. The molecule has 0 radical (unpaired) electrons. The largest absolute Gasteiger partial charge is 0.368 e. The van der Waals surface area contributed by atoms with Gasteiger partial charge in [-0.15, -0.1) is 0 Å². The Morgan fingerprint density at radius 2 is 2.35 bits per heavy atom. The Morgan fingerprint density at radius 1 is 1.59 bits per heavy atom. The van der Waals surface area contributed by atoms with Gasteiger partial charge in [0.25, 0.3) is 0 Å². The second kappa shape index (κ2) is 4.67. The molecule has 1 aliphatic heterocycles. The maximum Gasteiger partial charge on any atom is 0.240 e. The molecule has 1 atom stereocenters. The molecule has 0 aromatic carbocycles. The van der Waals surface area contributed by atoms with Gasteiger partial charge in [-0.05, 0) is 25.8 Å². The van der Waals surface area contributed by atoms with Crippen LogP contribution in [0.3, 0.4) is 0 Å². The van der Waals surface area contributed by atoms with E-state index in [0.29, 0.717) is 12.5 Å². The fraction of sp³-hybridized carbons (Fsp3) is 0.545. The van der Waals surface area contributed by atoms with Crippen LogP contribution in [-0.2, 0) is 11.3 Å². The molecule has 1 saturated heterocycles. The minimum absolute atomic E-state index is 0.289. The lowest BCUT2D eigenvalue weighted by Crippen LogP contribution is -2.41. The SMILES string of the molecule is Cc1cc(CN)nc(N2CCCC2C(N)=O)n1. The van der Waals surface area contributed by atoms with E-state index in [4.69, 9.17) is 11.5 Å². The van der Waals surface area contributed by atoms with Crippen molar-refractivity contribution in [2.24, 2.45) is 11.5 Å². The second-order valence-corrected chi connectivity index (χ2v) is 4.26. The molecule has 0 saturated carbocycles. The molecule has 1 amide bonds. The van der Waals surface area contributed by atoms with Gasteiger partial charge in [-0.2, -0.15) is 0 Å². The Morgan fingerprint density at radius 3 is 3.00 bits per heavy atom. The van der Waals surface area contributed by atoms with E-state index in [-0.39, 0.29) is 11.9 Å². The molecule has 4 N–H and O–H groups in total. The van der Waals surface area contributed by atoms with Gasteiger partial charge in [0.05, 0.1) is 5.69 Å². The Labute approximate surface area is 100 Å². The summed E-state index contributed by atoms with van der Waals surface area (Å²) in [5.41, 5.74) is 12.6. The maximum atomic E-state index is 11.3. The lowest BCUT2D eigenvalue weighted by Gasteiger charge is -2.22. The third-order valence-electron chi connectivity index (χ3n) is 2.94. The first kappa shape index (κ1) is 11.8. The molecule has 1 aromatic heterocycles. The van der Waals surface area contributed by atoms with Gasteiger partial charge < -0.3 is 16.4 Å². The van der Waals surface area contributed by atoms with Crippen molar-refractivity contribution in [2.75, 3.05) is 11.4 Å². The van der Waals surface area contributed by atoms with Crippen molar-refractivity contribution in [1.29, 1.82) is 0 Å². The Bertz CT molecular complexity index is 434. The highest BCUT2D eigenvalue weighted by atomic mass is 16.1. The van der Waals surface area contributed by atoms with Crippen LogP contribution >= 0.6 is 0 Å². The van der Waals surface area contributed by atoms with Crippen LogP contribution in [0.25, 0.3) is 0 Å². The summed E-state index contributed by atoms with van der Waals surface area (Å²) in [4.78, 5) is 21.9.